The molecule has 0 aliphatic rings. The fraction of sp³-hybridized carbons (Fsp3) is 0.158. The van der Waals surface area contributed by atoms with Crippen molar-refractivity contribution >= 4 is 28.4 Å². The third kappa shape index (κ3) is 3.37. The van der Waals surface area contributed by atoms with E-state index in [1.54, 1.807) is 38.6 Å². The summed E-state index contributed by atoms with van der Waals surface area (Å²) < 4.78 is 12.0. The van der Waals surface area contributed by atoms with Gasteiger partial charge >= 0.3 is 0 Å². The predicted octanol–water partition coefficient (Wildman–Crippen LogP) is 3.76. The number of halogens is 1. The number of pyridine rings is 1. The summed E-state index contributed by atoms with van der Waals surface area (Å²) in [5.41, 5.74) is 2.55. The quantitative estimate of drug-likeness (QED) is 0.714. The molecule has 0 bridgehead atoms. The highest BCUT2D eigenvalue weighted by atomic mass is 35.5. The van der Waals surface area contributed by atoms with E-state index in [-0.39, 0.29) is 5.56 Å². The van der Waals surface area contributed by atoms with Crippen molar-refractivity contribution in [3.63, 3.8) is 0 Å². The van der Waals surface area contributed by atoms with E-state index < -0.39 is 0 Å². The first-order valence-electron chi connectivity index (χ1n) is 7.62. The van der Waals surface area contributed by atoms with Crippen LogP contribution in [0.2, 0.25) is 0 Å². The molecule has 3 aromatic rings. The Morgan fingerprint density at radius 1 is 1.16 bits per heavy atom. The van der Waals surface area contributed by atoms with Crippen molar-refractivity contribution in [1.82, 2.24) is 9.38 Å². The Morgan fingerprint density at radius 3 is 2.64 bits per heavy atom. The van der Waals surface area contributed by atoms with E-state index in [9.17, 15) is 4.79 Å². The molecule has 25 heavy (non-hydrogen) atoms. The molecule has 0 saturated carbocycles. The number of hydrogen-bond donors (Lipinski definition) is 0. The Balaban J connectivity index is 2.07. The number of methoxy groups -OCH3 is 2. The van der Waals surface area contributed by atoms with Crippen molar-refractivity contribution in [3.8, 4) is 11.5 Å². The van der Waals surface area contributed by atoms with Gasteiger partial charge in [0.25, 0.3) is 5.56 Å². The Bertz CT molecular complexity index is 1020. The van der Waals surface area contributed by atoms with Crippen molar-refractivity contribution in [3.05, 3.63) is 69.8 Å². The summed E-state index contributed by atoms with van der Waals surface area (Å²) in [6.45, 7) is 1.90. The van der Waals surface area contributed by atoms with E-state index in [1.807, 2.05) is 25.1 Å². The molecule has 0 N–H and O–H groups in total. The molecular weight excluding hydrogens is 340 g/mol. The third-order valence-electron chi connectivity index (χ3n) is 3.83. The van der Waals surface area contributed by atoms with Crippen LogP contribution < -0.4 is 15.0 Å². The molecule has 128 valence electrons. The van der Waals surface area contributed by atoms with E-state index in [1.165, 1.54) is 10.5 Å². The average Bonchev–Trinajstić information content (AvgIpc) is 2.62. The zero-order valence-corrected chi connectivity index (χ0v) is 14.9. The van der Waals surface area contributed by atoms with Crippen molar-refractivity contribution in [1.29, 1.82) is 0 Å². The molecule has 0 aliphatic heterocycles. The molecule has 0 atom stereocenters. The van der Waals surface area contributed by atoms with Crippen LogP contribution in [0.3, 0.4) is 0 Å². The van der Waals surface area contributed by atoms with Gasteiger partial charge in [0.1, 0.15) is 5.65 Å². The maximum atomic E-state index is 12.3. The first kappa shape index (κ1) is 17.0. The molecule has 0 amide bonds. The van der Waals surface area contributed by atoms with Gasteiger partial charge in [-0.3, -0.25) is 9.20 Å². The van der Waals surface area contributed by atoms with Crippen molar-refractivity contribution in [2.75, 3.05) is 14.2 Å². The van der Waals surface area contributed by atoms with E-state index in [0.29, 0.717) is 27.9 Å². The van der Waals surface area contributed by atoms with Gasteiger partial charge in [0.05, 0.1) is 24.9 Å². The lowest BCUT2D eigenvalue weighted by atomic mass is 10.1. The Kier molecular flexibility index (Phi) is 4.76. The monoisotopic (exact) mass is 356 g/mol. The van der Waals surface area contributed by atoms with Crippen molar-refractivity contribution < 1.29 is 9.47 Å². The Hall–Kier alpha value is -2.79. The van der Waals surface area contributed by atoms with Gasteiger partial charge in [0, 0.05) is 12.3 Å². The van der Waals surface area contributed by atoms with Crippen LogP contribution in [0.25, 0.3) is 16.8 Å². The summed E-state index contributed by atoms with van der Waals surface area (Å²) in [5.74, 6) is 1.23. The third-order valence-corrected chi connectivity index (χ3v) is 4.13. The highest BCUT2D eigenvalue weighted by Crippen LogP contribution is 2.30. The summed E-state index contributed by atoms with van der Waals surface area (Å²) >= 11 is 6.41. The van der Waals surface area contributed by atoms with Crippen molar-refractivity contribution in [2.24, 2.45) is 0 Å². The minimum Gasteiger partial charge on any atom is -0.493 e. The van der Waals surface area contributed by atoms with Crippen LogP contribution in [0.1, 0.15) is 16.8 Å². The van der Waals surface area contributed by atoms with E-state index in [0.717, 1.165) is 11.1 Å². The minimum absolute atomic E-state index is 0.178. The van der Waals surface area contributed by atoms with Gasteiger partial charge in [0.2, 0.25) is 0 Å². The van der Waals surface area contributed by atoms with Gasteiger partial charge in [-0.25, -0.2) is 4.98 Å². The molecule has 0 saturated heterocycles. The summed E-state index contributed by atoms with van der Waals surface area (Å²) in [6.07, 6.45) is 3.42. The van der Waals surface area contributed by atoms with Crippen LogP contribution in [-0.4, -0.2) is 23.6 Å². The van der Waals surface area contributed by atoms with Crippen LogP contribution >= 0.6 is 11.6 Å². The van der Waals surface area contributed by atoms with Gasteiger partial charge in [0.15, 0.2) is 11.5 Å². The predicted molar refractivity (Wildman–Crippen MR) is 99.5 cm³/mol. The van der Waals surface area contributed by atoms with Gasteiger partial charge < -0.3 is 9.47 Å². The Labute approximate surface area is 150 Å². The highest BCUT2D eigenvalue weighted by molar-refractivity contribution is 6.51. The maximum Gasteiger partial charge on any atom is 0.258 e. The topological polar surface area (TPSA) is 52.8 Å². The molecule has 2 heterocycles. The normalized spacial score (nSPS) is 11.6. The minimum atomic E-state index is -0.178. The second-order valence-electron chi connectivity index (χ2n) is 5.47. The second-order valence-corrected chi connectivity index (χ2v) is 5.88. The van der Waals surface area contributed by atoms with E-state index >= 15 is 0 Å². The smallest absolute Gasteiger partial charge is 0.258 e. The average molecular weight is 357 g/mol. The number of ether oxygens (including phenoxy) is 2. The molecule has 6 heteroatoms. The molecule has 1 aromatic carbocycles. The fourth-order valence-electron chi connectivity index (χ4n) is 2.55. The van der Waals surface area contributed by atoms with Crippen molar-refractivity contribution in [2.45, 2.75) is 6.92 Å². The lowest BCUT2D eigenvalue weighted by molar-refractivity contribution is 0.355. The zero-order chi connectivity index (χ0) is 18.0. The summed E-state index contributed by atoms with van der Waals surface area (Å²) in [6, 6.07) is 10.6. The molecule has 0 aliphatic carbocycles. The van der Waals surface area contributed by atoms with Crippen LogP contribution in [0.5, 0.6) is 11.5 Å². The zero-order valence-electron chi connectivity index (χ0n) is 14.1. The lowest BCUT2D eigenvalue weighted by Crippen LogP contribution is -2.15. The molecule has 2 aromatic heterocycles. The van der Waals surface area contributed by atoms with Gasteiger partial charge in [-0.05, 0) is 42.3 Å². The molecule has 0 spiro atoms. The fourth-order valence-corrected chi connectivity index (χ4v) is 2.77. The molecule has 0 fully saturated rings. The Morgan fingerprint density at radius 2 is 1.92 bits per heavy atom. The van der Waals surface area contributed by atoms with E-state index in [4.69, 9.17) is 21.1 Å². The van der Waals surface area contributed by atoms with Crippen LogP contribution in [0.15, 0.2) is 47.4 Å². The molecular formula is C19H17ClN2O3. The van der Waals surface area contributed by atoms with Crippen LogP contribution in [0, 0.1) is 6.92 Å². The van der Waals surface area contributed by atoms with Crippen LogP contribution in [0.4, 0.5) is 0 Å². The molecule has 3 rings (SSSR count). The number of aromatic nitrogens is 2. The first-order chi connectivity index (χ1) is 12.0. The molecule has 5 nitrogen and oxygen atoms in total. The highest BCUT2D eigenvalue weighted by Gasteiger charge is 2.09. The number of fused-ring (bicyclic) bond motifs is 1. The standard InChI is InChI=1S/C19H17ClN2O3/c1-12-5-4-8-22-18(23)11-15(21-19(12)22)14(20)9-13-6-7-16(24-2)17(10-13)25-3/h4-11H,1-3H3/b14-9-. The number of aryl methyl sites for hydroxylation is 1. The number of rotatable bonds is 4. The number of benzene rings is 1. The summed E-state index contributed by atoms with van der Waals surface area (Å²) in [7, 11) is 3.15. The largest absolute Gasteiger partial charge is 0.493 e. The van der Waals surface area contributed by atoms with Gasteiger partial charge in [-0.1, -0.05) is 23.7 Å². The van der Waals surface area contributed by atoms with Crippen LogP contribution in [-0.2, 0) is 0 Å². The SMILES string of the molecule is COc1ccc(/C=C(\Cl)c2cc(=O)n3cccc(C)c3n2)cc1OC. The maximum absolute atomic E-state index is 12.3. The summed E-state index contributed by atoms with van der Waals surface area (Å²) in [4.78, 5) is 16.8. The molecule has 0 unspecified atom stereocenters. The van der Waals surface area contributed by atoms with E-state index in [2.05, 4.69) is 4.98 Å². The van der Waals surface area contributed by atoms with Gasteiger partial charge in [-0.15, -0.1) is 0 Å². The summed E-state index contributed by atoms with van der Waals surface area (Å²) in [5, 5.41) is 0.370. The second kappa shape index (κ2) is 6.99. The molecule has 0 radical (unpaired) electrons. The number of nitrogens with zero attached hydrogens (tertiary/aromatic N) is 2. The lowest BCUT2D eigenvalue weighted by Gasteiger charge is -2.08. The first-order valence-corrected chi connectivity index (χ1v) is 8.00. The van der Waals surface area contributed by atoms with Gasteiger partial charge in [-0.2, -0.15) is 0 Å². The number of hydrogen-bond acceptors (Lipinski definition) is 4.